The van der Waals surface area contributed by atoms with E-state index >= 15 is 0 Å². The van der Waals surface area contributed by atoms with E-state index in [1.807, 2.05) is 0 Å². The number of hydrogen-bond acceptors (Lipinski definition) is 4. The predicted octanol–water partition coefficient (Wildman–Crippen LogP) is 4.42. The molecule has 1 N–H and O–H groups in total. The summed E-state index contributed by atoms with van der Waals surface area (Å²) < 4.78 is 8.06. The minimum Gasteiger partial charge on any atom is -0.376 e. The molecule has 6 heteroatoms. The highest BCUT2D eigenvalue weighted by Gasteiger charge is 2.28. The molecule has 1 unspecified atom stereocenters. The number of nitrogens with one attached hydrogen (secondary N) is 1. The molecule has 1 amide bonds. The fourth-order valence-electron chi connectivity index (χ4n) is 4.91. The average molecular weight is 402 g/mol. The van der Waals surface area contributed by atoms with Crippen molar-refractivity contribution in [2.75, 3.05) is 17.7 Å². The molecule has 1 aromatic rings. The first-order chi connectivity index (χ1) is 13.8. The van der Waals surface area contributed by atoms with Gasteiger partial charge in [0.1, 0.15) is 11.9 Å². The Kier molecular flexibility index (Phi) is 6.64. The van der Waals surface area contributed by atoms with Crippen molar-refractivity contribution in [2.24, 2.45) is 0 Å². The third-order valence-electron chi connectivity index (χ3n) is 6.36. The van der Waals surface area contributed by atoms with Crippen molar-refractivity contribution in [1.29, 1.82) is 5.26 Å². The van der Waals surface area contributed by atoms with Gasteiger partial charge in [0.25, 0.3) is 0 Å². The molecule has 0 bridgehead atoms. The van der Waals surface area contributed by atoms with E-state index in [2.05, 4.69) is 16.0 Å². The Morgan fingerprint density at radius 1 is 1.14 bits per heavy atom. The van der Waals surface area contributed by atoms with Gasteiger partial charge in [0, 0.05) is 17.6 Å². The van der Waals surface area contributed by atoms with Crippen LogP contribution in [0.2, 0.25) is 0 Å². The first-order valence-electron chi connectivity index (χ1n) is 10.9. The van der Waals surface area contributed by atoms with E-state index in [1.54, 1.807) is 11.8 Å². The third-order valence-corrected chi connectivity index (χ3v) is 7.73. The van der Waals surface area contributed by atoms with Gasteiger partial charge in [-0.3, -0.25) is 4.79 Å². The number of nitrogens with zero attached hydrogens (tertiary/aromatic N) is 2. The zero-order chi connectivity index (χ0) is 19.3. The summed E-state index contributed by atoms with van der Waals surface area (Å²) in [4.78, 5) is 12.7. The second-order valence-electron chi connectivity index (χ2n) is 8.33. The largest absolute Gasteiger partial charge is 0.376 e. The molecule has 3 aliphatic rings. The molecular formula is C22H31N3O2S. The highest BCUT2D eigenvalue weighted by Crippen LogP contribution is 2.35. The van der Waals surface area contributed by atoms with Crippen LogP contribution in [-0.4, -0.2) is 34.2 Å². The number of fused-ring (bicyclic) bond motifs is 1. The van der Waals surface area contributed by atoms with Gasteiger partial charge < -0.3 is 14.6 Å². The monoisotopic (exact) mass is 401 g/mol. The van der Waals surface area contributed by atoms with Gasteiger partial charge in [-0.2, -0.15) is 5.26 Å². The maximum Gasteiger partial charge on any atom is 0.235 e. The summed E-state index contributed by atoms with van der Waals surface area (Å²) in [5, 5.41) is 13.6. The van der Waals surface area contributed by atoms with Crippen LogP contribution in [0.1, 0.15) is 74.6 Å². The fraction of sp³-hybridized carbons (Fsp3) is 0.727. The number of hydrogen-bond donors (Lipinski definition) is 1. The van der Waals surface area contributed by atoms with E-state index < -0.39 is 0 Å². The van der Waals surface area contributed by atoms with Crippen LogP contribution < -0.4 is 5.32 Å². The van der Waals surface area contributed by atoms with Gasteiger partial charge in [-0.1, -0.05) is 19.3 Å². The topological polar surface area (TPSA) is 67.1 Å². The SMILES string of the molecule is N#Cc1c2c(n(CC3CCCO3)c1NC(=O)CSC1CCCCC1)CCCC2. The molecule has 0 spiro atoms. The Balaban J connectivity index is 1.51. The van der Waals surface area contributed by atoms with Crippen LogP contribution in [0.5, 0.6) is 0 Å². The van der Waals surface area contributed by atoms with Crippen molar-refractivity contribution in [1.82, 2.24) is 4.57 Å². The fourth-order valence-corrected chi connectivity index (χ4v) is 6.03. The summed E-state index contributed by atoms with van der Waals surface area (Å²) in [6.07, 6.45) is 12.9. The van der Waals surface area contributed by atoms with Gasteiger partial charge in [0.15, 0.2) is 0 Å². The summed E-state index contributed by atoms with van der Waals surface area (Å²) in [6.45, 7) is 1.56. The molecule has 4 rings (SSSR count). The van der Waals surface area contributed by atoms with Gasteiger partial charge in [0.2, 0.25) is 5.91 Å². The maximum atomic E-state index is 12.7. The number of anilines is 1. The highest BCUT2D eigenvalue weighted by atomic mass is 32.2. The molecule has 2 fully saturated rings. The summed E-state index contributed by atoms with van der Waals surface area (Å²) in [5.74, 6) is 1.22. The van der Waals surface area contributed by atoms with Crippen LogP contribution in [0, 0.1) is 11.3 Å². The lowest BCUT2D eigenvalue weighted by molar-refractivity contribution is -0.113. The van der Waals surface area contributed by atoms with Gasteiger partial charge in [-0.15, -0.1) is 11.8 Å². The van der Waals surface area contributed by atoms with E-state index in [0.717, 1.165) is 63.1 Å². The van der Waals surface area contributed by atoms with E-state index in [4.69, 9.17) is 4.74 Å². The zero-order valence-electron chi connectivity index (χ0n) is 16.7. The molecule has 1 aromatic heterocycles. The number of nitriles is 1. The standard InChI is InChI=1S/C22H31N3O2S/c23-13-19-18-10-4-5-11-20(18)25(14-16-7-6-12-27-16)22(19)24-21(26)15-28-17-8-2-1-3-9-17/h16-17H,1-12,14-15H2,(H,24,26). The Labute approximate surface area is 172 Å². The van der Waals surface area contributed by atoms with E-state index in [-0.39, 0.29) is 12.0 Å². The molecule has 2 aliphatic carbocycles. The Hall–Kier alpha value is -1.45. The van der Waals surface area contributed by atoms with Crippen molar-refractivity contribution in [3.8, 4) is 6.07 Å². The lowest BCUT2D eigenvalue weighted by Crippen LogP contribution is -2.23. The number of carbonyl (C=O) groups excluding carboxylic acids is 1. The summed E-state index contributed by atoms with van der Waals surface area (Å²) >= 11 is 1.78. The van der Waals surface area contributed by atoms with Crippen LogP contribution in [0.15, 0.2) is 0 Å². The predicted molar refractivity (Wildman–Crippen MR) is 113 cm³/mol. The molecule has 28 heavy (non-hydrogen) atoms. The summed E-state index contributed by atoms with van der Waals surface area (Å²) in [7, 11) is 0. The molecule has 152 valence electrons. The van der Waals surface area contributed by atoms with Crippen LogP contribution in [-0.2, 0) is 28.9 Å². The Morgan fingerprint density at radius 2 is 1.96 bits per heavy atom. The molecular weight excluding hydrogens is 370 g/mol. The zero-order valence-corrected chi connectivity index (χ0v) is 17.5. The van der Waals surface area contributed by atoms with E-state index in [1.165, 1.54) is 37.8 Å². The number of ether oxygens (including phenoxy) is 1. The van der Waals surface area contributed by atoms with E-state index in [0.29, 0.717) is 16.6 Å². The molecule has 2 heterocycles. The second kappa shape index (κ2) is 9.37. The number of thioether (sulfide) groups is 1. The lowest BCUT2D eigenvalue weighted by Gasteiger charge is -2.21. The molecule has 1 aliphatic heterocycles. The number of carbonyl (C=O) groups is 1. The summed E-state index contributed by atoms with van der Waals surface area (Å²) in [5.41, 5.74) is 3.08. The molecule has 0 radical (unpaired) electrons. The quantitative estimate of drug-likeness (QED) is 0.766. The van der Waals surface area contributed by atoms with Crippen molar-refractivity contribution >= 4 is 23.5 Å². The van der Waals surface area contributed by atoms with Gasteiger partial charge in [-0.25, -0.2) is 0 Å². The number of aromatic nitrogens is 1. The van der Waals surface area contributed by atoms with Crippen molar-refractivity contribution < 1.29 is 9.53 Å². The van der Waals surface area contributed by atoms with E-state index in [9.17, 15) is 10.1 Å². The lowest BCUT2D eigenvalue weighted by atomic mass is 9.95. The summed E-state index contributed by atoms with van der Waals surface area (Å²) in [6, 6.07) is 2.40. The molecule has 5 nitrogen and oxygen atoms in total. The Morgan fingerprint density at radius 3 is 2.71 bits per heavy atom. The molecule has 1 saturated carbocycles. The first-order valence-corrected chi connectivity index (χ1v) is 12.0. The number of amides is 1. The van der Waals surface area contributed by atoms with Crippen molar-refractivity contribution in [3.05, 3.63) is 16.8 Å². The Bertz CT molecular complexity index is 740. The number of rotatable bonds is 6. The van der Waals surface area contributed by atoms with Crippen LogP contribution in [0.3, 0.4) is 0 Å². The smallest absolute Gasteiger partial charge is 0.235 e. The average Bonchev–Trinajstić information content (AvgIpc) is 3.34. The van der Waals surface area contributed by atoms with Crippen LogP contribution in [0.4, 0.5) is 5.82 Å². The molecule has 1 saturated heterocycles. The molecule has 0 aromatic carbocycles. The van der Waals surface area contributed by atoms with Crippen LogP contribution >= 0.6 is 11.8 Å². The maximum absolute atomic E-state index is 12.7. The van der Waals surface area contributed by atoms with Crippen LogP contribution in [0.25, 0.3) is 0 Å². The highest BCUT2D eigenvalue weighted by molar-refractivity contribution is 8.00. The minimum atomic E-state index is 0.0236. The first kappa shape index (κ1) is 19.8. The van der Waals surface area contributed by atoms with Gasteiger partial charge >= 0.3 is 0 Å². The van der Waals surface area contributed by atoms with Gasteiger partial charge in [0.05, 0.1) is 24.0 Å². The second-order valence-corrected chi connectivity index (χ2v) is 9.62. The van der Waals surface area contributed by atoms with Crippen molar-refractivity contribution in [2.45, 2.75) is 88.5 Å². The van der Waals surface area contributed by atoms with Gasteiger partial charge in [-0.05, 0) is 56.9 Å². The third kappa shape index (κ3) is 4.41. The normalized spacial score (nSPS) is 22.6. The molecule has 1 atom stereocenters. The minimum absolute atomic E-state index is 0.0236. The van der Waals surface area contributed by atoms with Crippen molar-refractivity contribution in [3.63, 3.8) is 0 Å².